The van der Waals surface area contributed by atoms with Gasteiger partial charge >= 0.3 is 0 Å². The average Bonchev–Trinajstić information content (AvgIpc) is 3.24. The quantitative estimate of drug-likeness (QED) is 0.618. The number of benzene rings is 2. The number of fused-ring (bicyclic) bond motifs is 1. The SMILES string of the molecule is Cc1cc(F)cc2c(CCC(=O)NC3CCNC3=O)c(-c3ccc(F)cc3)[nH]c12. The fourth-order valence-electron chi connectivity index (χ4n) is 3.84. The van der Waals surface area contributed by atoms with Gasteiger partial charge in [0.1, 0.15) is 17.7 Å². The van der Waals surface area contributed by atoms with E-state index in [-0.39, 0.29) is 29.9 Å². The van der Waals surface area contributed by atoms with Crippen LogP contribution in [0.5, 0.6) is 0 Å². The van der Waals surface area contributed by atoms with Crippen LogP contribution in [0, 0.1) is 18.6 Å². The van der Waals surface area contributed by atoms with E-state index in [1.54, 1.807) is 12.1 Å². The zero-order chi connectivity index (χ0) is 20.5. The number of carbonyl (C=O) groups excluding carboxylic acids is 2. The average molecular weight is 397 g/mol. The maximum atomic E-state index is 14.1. The number of aromatic nitrogens is 1. The molecule has 1 atom stereocenters. The molecule has 2 amide bonds. The van der Waals surface area contributed by atoms with Crippen molar-refractivity contribution in [1.29, 1.82) is 0 Å². The Morgan fingerprint density at radius 2 is 1.93 bits per heavy atom. The molecule has 150 valence electrons. The summed E-state index contributed by atoms with van der Waals surface area (Å²) in [7, 11) is 0. The summed E-state index contributed by atoms with van der Waals surface area (Å²) >= 11 is 0. The zero-order valence-corrected chi connectivity index (χ0v) is 15.9. The molecular weight excluding hydrogens is 376 g/mol. The van der Waals surface area contributed by atoms with E-state index in [2.05, 4.69) is 15.6 Å². The Morgan fingerprint density at radius 3 is 2.62 bits per heavy atom. The molecule has 0 spiro atoms. The largest absolute Gasteiger partial charge is 0.354 e. The van der Waals surface area contributed by atoms with Crippen LogP contribution in [0.2, 0.25) is 0 Å². The first-order valence-corrected chi connectivity index (χ1v) is 9.56. The Bertz CT molecular complexity index is 1090. The summed E-state index contributed by atoms with van der Waals surface area (Å²) in [4.78, 5) is 27.3. The van der Waals surface area contributed by atoms with Crippen LogP contribution >= 0.6 is 0 Å². The number of aryl methyl sites for hydroxylation is 2. The van der Waals surface area contributed by atoms with Crippen molar-refractivity contribution in [2.24, 2.45) is 0 Å². The number of hydrogen-bond donors (Lipinski definition) is 3. The third-order valence-electron chi connectivity index (χ3n) is 5.30. The molecule has 0 saturated carbocycles. The summed E-state index contributed by atoms with van der Waals surface area (Å²) < 4.78 is 27.4. The predicted octanol–water partition coefficient (Wildman–Crippen LogP) is 3.36. The number of aromatic amines is 1. The molecular formula is C22H21F2N3O2. The monoisotopic (exact) mass is 397 g/mol. The van der Waals surface area contributed by atoms with Gasteiger partial charge in [0.15, 0.2) is 0 Å². The molecule has 7 heteroatoms. The fourth-order valence-corrected chi connectivity index (χ4v) is 3.84. The molecule has 1 unspecified atom stereocenters. The van der Waals surface area contributed by atoms with Crippen molar-refractivity contribution < 1.29 is 18.4 Å². The van der Waals surface area contributed by atoms with Crippen LogP contribution in [-0.2, 0) is 16.0 Å². The van der Waals surface area contributed by atoms with Gasteiger partial charge in [-0.25, -0.2) is 8.78 Å². The molecule has 1 aliphatic rings. The molecule has 2 aromatic carbocycles. The van der Waals surface area contributed by atoms with Crippen molar-refractivity contribution in [2.45, 2.75) is 32.2 Å². The number of carbonyl (C=O) groups is 2. The minimum Gasteiger partial charge on any atom is -0.354 e. The number of rotatable bonds is 5. The number of halogens is 2. The predicted molar refractivity (Wildman–Crippen MR) is 106 cm³/mol. The molecule has 29 heavy (non-hydrogen) atoms. The lowest BCUT2D eigenvalue weighted by molar-refractivity contribution is -0.127. The lowest BCUT2D eigenvalue weighted by atomic mass is 10.00. The molecule has 0 aliphatic carbocycles. The topological polar surface area (TPSA) is 74.0 Å². The zero-order valence-electron chi connectivity index (χ0n) is 15.9. The van der Waals surface area contributed by atoms with E-state index in [1.165, 1.54) is 24.3 Å². The first-order chi connectivity index (χ1) is 13.9. The number of amides is 2. The third kappa shape index (κ3) is 3.85. The van der Waals surface area contributed by atoms with E-state index < -0.39 is 6.04 Å². The minimum absolute atomic E-state index is 0.153. The van der Waals surface area contributed by atoms with Gasteiger partial charge in [-0.1, -0.05) is 0 Å². The summed E-state index contributed by atoms with van der Waals surface area (Å²) in [6, 6.07) is 8.43. The van der Waals surface area contributed by atoms with Gasteiger partial charge in [0, 0.05) is 29.6 Å². The van der Waals surface area contributed by atoms with Crippen LogP contribution in [0.15, 0.2) is 36.4 Å². The van der Waals surface area contributed by atoms with Crippen molar-refractivity contribution >= 4 is 22.7 Å². The van der Waals surface area contributed by atoms with Crippen molar-refractivity contribution in [2.75, 3.05) is 6.54 Å². The lowest BCUT2D eigenvalue weighted by Gasteiger charge is -2.10. The van der Waals surface area contributed by atoms with Gasteiger partial charge in [-0.2, -0.15) is 0 Å². The van der Waals surface area contributed by atoms with Gasteiger partial charge in [0.05, 0.1) is 0 Å². The standard InChI is InChI=1S/C22H21F2N3O2/c1-12-10-15(24)11-17-16(6-7-19(28)26-18-8-9-25-22(18)29)21(27-20(12)17)13-2-4-14(23)5-3-13/h2-5,10-11,18,27H,6-9H2,1H3,(H,25,29)(H,26,28). The van der Waals surface area contributed by atoms with E-state index in [4.69, 9.17) is 0 Å². The maximum Gasteiger partial charge on any atom is 0.242 e. The number of nitrogens with one attached hydrogen (secondary N) is 3. The molecule has 1 fully saturated rings. The van der Waals surface area contributed by atoms with Gasteiger partial charge < -0.3 is 15.6 Å². The van der Waals surface area contributed by atoms with Crippen molar-refractivity contribution in [3.05, 3.63) is 59.2 Å². The molecule has 0 bridgehead atoms. The highest BCUT2D eigenvalue weighted by atomic mass is 19.1. The van der Waals surface area contributed by atoms with Crippen LogP contribution in [0.4, 0.5) is 8.78 Å². The highest BCUT2D eigenvalue weighted by Gasteiger charge is 2.25. The van der Waals surface area contributed by atoms with Gasteiger partial charge in [0.2, 0.25) is 11.8 Å². The van der Waals surface area contributed by atoms with Gasteiger partial charge in [-0.15, -0.1) is 0 Å². The summed E-state index contributed by atoms with van der Waals surface area (Å²) in [5.41, 5.74) is 3.83. The van der Waals surface area contributed by atoms with E-state index >= 15 is 0 Å². The Balaban J connectivity index is 1.65. The Hall–Kier alpha value is -3.22. The highest BCUT2D eigenvalue weighted by molar-refractivity contribution is 5.94. The Morgan fingerprint density at radius 1 is 1.17 bits per heavy atom. The van der Waals surface area contributed by atoms with E-state index in [0.717, 1.165) is 27.9 Å². The van der Waals surface area contributed by atoms with Gasteiger partial charge in [0.25, 0.3) is 0 Å². The smallest absolute Gasteiger partial charge is 0.242 e. The summed E-state index contributed by atoms with van der Waals surface area (Å²) in [5.74, 6) is -1.11. The van der Waals surface area contributed by atoms with Crippen LogP contribution in [0.3, 0.4) is 0 Å². The molecule has 1 aromatic heterocycles. The molecule has 1 saturated heterocycles. The van der Waals surface area contributed by atoms with Gasteiger partial charge in [-0.05, 0) is 72.9 Å². The second-order valence-corrected chi connectivity index (χ2v) is 7.33. The first kappa shape index (κ1) is 19.1. The Kier molecular flexibility index (Phi) is 5.05. The normalized spacial score (nSPS) is 16.2. The van der Waals surface area contributed by atoms with E-state index in [1.807, 2.05) is 6.92 Å². The summed E-state index contributed by atoms with van der Waals surface area (Å²) in [6.45, 7) is 2.37. The van der Waals surface area contributed by atoms with Crippen molar-refractivity contribution in [3.63, 3.8) is 0 Å². The maximum absolute atomic E-state index is 14.1. The van der Waals surface area contributed by atoms with Crippen molar-refractivity contribution in [1.82, 2.24) is 15.6 Å². The Labute approximate surface area is 166 Å². The summed E-state index contributed by atoms with van der Waals surface area (Å²) in [5, 5.41) is 6.13. The van der Waals surface area contributed by atoms with E-state index in [9.17, 15) is 18.4 Å². The molecule has 3 N–H and O–H groups in total. The minimum atomic E-state index is -0.498. The molecule has 4 rings (SSSR count). The third-order valence-corrected chi connectivity index (χ3v) is 5.30. The molecule has 0 radical (unpaired) electrons. The number of H-pyrrole nitrogens is 1. The van der Waals surface area contributed by atoms with Crippen LogP contribution < -0.4 is 10.6 Å². The van der Waals surface area contributed by atoms with Crippen LogP contribution in [0.1, 0.15) is 24.0 Å². The fraction of sp³-hybridized carbons (Fsp3) is 0.273. The first-order valence-electron chi connectivity index (χ1n) is 9.56. The van der Waals surface area contributed by atoms with Crippen LogP contribution in [0.25, 0.3) is 22.2 Å². The van der Waals surface area contributed by atoms with Gasteiger partial charge in [-0.3, -0.25) is 9.59 Å². The highest BCUT2D eigenvalue weighted by Crippen LogP contribution is 2.33. The molecule has 3 aromatic rings. The molecule has 5 nitrogen and oxygen atoms in total. The van der Waals surface area contributed by atoms with Crippen LogP contribution in [-0.4, -0.2) is 29.4 Å². The number of hydrogen-bond acceptors (Lipinski definition) is 2. The molecule has 1 aliphatic heterocycles. The lowest BCUT2D eigenvalue weighted by Crippen LogP contribution is -2.40. The summed E-state index contributed by atoms with van der Waals surface area (Å²) in [6.07, 6.45) is 1.08. The molecule has 2 heterocycles. The second-order valence-electron chi connectivity index (χ2n) is 7.33. The second kappa shape index (κ2) is 7.66. The van der Waals surface area contributed by atoms with Crippen molar-refractivity contribution in [3.8, 4) is 11.3 Å². The van der Waals surface area contributed by atoms with E-state index in [0.29, 0.717) is 24.8 Å².